The average Bonchev–Trinajstić information content (AvgIpc) is 2.75. The number of hydrogen-bond acceptors (Lipinski definition) is 3. The summed E-state index contributed by atoms with van der Waals surface area (Å²) in [5.41, 5.74) is 0. The van der Waals surface area contributed by atoms with E-state index in [-0.39, 0.29) is 0 Å². The maximum atomic E-state index is 8.73. The lowest BCUT2D eigenvalue weighted by Gasteiger charge is -2.21. The van der Waals surface area contributed by atoms with Gasteiger partial charge in [0, 0.05) is 19.1 Å². The molecule has 12 heavy (non-hydrogen) atoms. The fourth-order valence-corrected chi connectivity index (χ4v) is 2.18. The van der Waals surface area contributed by atoms with Gasteiger partial charge in [0.25, 0.3) is 0 Å². The van der Waals surface area contributed by atoms with E-state index in [0.717, 1.165) is 32.6 Å². The highest BCUT2D eigenvalue weighted by molar-refractivity contribution is 4.94. The van der Waals surface area contributed by atoms with E-state index < -0.39 is 0 Å². The molecule has 0 amide bonds. The quantitative estimate of drug-likeness (QED) is 0.603. The van der Waals surface area contributed by atoms with Crippen LogP contribution in [0.5, 0.6) is 0 Å². The Labute approximate surface area is 73.3 Å². The van der Waals surface area contributed by atoms with Crippen molar-refractivity contribution in [1.82, 2.24) is 10.2 Å². The molecule has 2 rings (SSSR count). The summed E-state index contributed by atoms with van der Waals surface area (Å²) in [6.45, 7) is 4.41. The van der Waals surface area contributed by atoms with Crippen molar-refractivity contribution in [3.63, 3.8) is 0 Å². The molecule has 0 spiro atoms. The maximum Gasteiger partial charge on any atom is 0.0669 e. The van der Waals surface area contributed by atoms with E-state index in [4.69, 9.17) is 5.26 Å². The topological polar surface area (TPSA) is 39.1 Å². The first-order valence-electron chi connectivity index (χ1n) is 4.74. The van der Waals surface area contributed by atoms with Gasteiger partial charge >= 0.3 is 0 Å². The summed E-state index contributed by atoms with van der Waals surface area (Å²) in [6.07, 6.45) is 2.34. The Kier molecular flexibility index (Phi) is 2.29. The molecule has 0 bridgehead atoms. The molecule has 0 aromatic heterocycles. The summed E-state index contributed by atoms with van der Waals surface area (Å²) in [7, 11) is 0. The van der Waals surface area contributed by atoms with Crippen molar-refractivity contribution in [3.05, 3.63) is 0 Å². The SMILES string of the molecule is N#CC1CCN(C2CCNC2)C1. The third-order valence-corrected chi connectivity index (χ3v) is 2.95. The lowest BCUT2D eigenvalue weighted by atomic mass is 10.1. The summed E-state index contributed by atoms with van der Waals surface area (Å²) < 4.78 is 0. The first-order valence-corrected chi connectivity index (χ1v) is 4.74. The van der Waals surface area contributed by atoms with E-state index in [1.807, 2.05) is 0 Å². The molecule has 0 aromatic carbocycles. The van der Waals surface area contributed by atoms with Crippen LogP contribution >= 0.6 is 0 Å². The minimum absolute atomic E-state index is 0.297. The molecule has 2 saturated heterocycles. The molecule has 2 aliphatic rings. The molecule has 2 unspecified atom stereocenters. The molecule has 2 aliphatic heterocycles. The van der Waals surface area contributed by atoms with Crippen LogP contribution in [0.4, 0.5) is 0 Å². The van der Waals surface area contributed by atoms with Crippen molar-refractivity contribution in [2.24, 2.45) is 5.92 Å². The predicted octanol–water partition coefficient (Wildman–Crippen LogP) is 0.194. The number of nitriles is 1. The van der Waals surface area contributed by atoms with Crippen molar-refractivity contribution >= 4 is 0 Å². The Morgan fingerprint density at radius 1 is 1.42 bits per heavy atom. The van der Waals surface area contributed by atoms with E-state index in [9.17, 15) is 0 Å². The molecule has 0 aliphatic carbocycles. The highest BCUT2D eigenvalue weighted by Gasteiger charge is 2.29. The van der Waals surface area contributed by atoms with Crippen LogP contribution in [0.1, 0.15) is 12.8 Å². The zero-order valence-corrected chi connectivity index (χ0v) is 7.29. The highest BCUT2D eigenvalue weighted by Crippen LogP contribution is 2.20. The first kappa shape index (κ1) is 8.03. The summed E-state index contributed by atoms with van der Waals surface area (Å²) in [6, 6.07) is 3.07. The third-order valence-electron chi connectivity index (χ3n) is 2.95. The van der Waals surface area contributed by atoms with Crippen LogP contribution < -0.4 is 5.32 Å². The molecule has 0 aromatic rings. The second-order valence-electron chi connectivity index (χ2n) is 3.76. The monoisotopic (exact) mass is 165 g/mol. The van der Waals surface area contributed by atoms with E-state index in [1.54, 1.807) is 0 Å². The minimum Gasteiger partial charge on any atom is -0.315 e. The lowest BCUT2D eigenvalue weighted by molar-refractivity contribution is 0.254. The number of nitrogens with zero attached hydrogens (tertiary/aromatic N) is 2. The minimum atomic E-state index is 0.297. The molecule has 3 heteroatoms. The number of nitrogens with one attached hydrogen (secondary N) is 1. The van der Waals surface area contributed by atoms with E-state index in [1.165, 1.54) is 6.42 Å². The van der Waals surface area contributed by atoms with Crippen molar-refractivity contribution in [2.45, 2.75) is 18.9 Å². The van der Waals surface area contributed by atoms with E-state index in [0.29, 0.717) is 12.0 Å². The zero-order valence-electron chi connectivity index (χ0n) is 7.29. The van der Waals surface area contributed by atoms with Crippen LogP contribution in [-0.2, 0) is 0 Å². The Balaban J connectivity index is 1.86. The van der Waals surface area contributed by atoms with Crippen LogP contribution in [-0.4, -0.2) is 37.1 Å². The van der Waals surface area contributed by atoms with Gasteiger partial charge in [0.05, 0.1) is 12.0 Å². The fourth-order valence-electron chi connectivity index (χ4n) is 2.18. The highest BCUT2D eigenvalue weighted by atomic mass is 15.2. The zero-order chi connectivity index (χ0) is 8.39. The number of rotatable bonds is 1. The van der Waals surface area contributed by atoms with Crippen LogP contribution in [0, 0.1) is 17.2 Å². The van der Waals surface area contributed by atoms with Crippen molar-refractivity contribution in [2.75, 3.05) is 26.2 Å². The van der Waals surface area contributed by atoms with Crippen molar-refractivity contribution < 1.29 is 0 Å². The van der Waals surface area contributed by atoms with E-state index >= 15 is 0 Å². The van der Waals surface area contributed by atoms with Crippen molar-refractivity contribution in [3.8, 4) is 6.07 Å². The standard InChI is InChI=1S/C9H15N3/c10-5-8-2-4-12(7-8)9-1-3-11-6-9/h8-9,11H,1-4,6-7H2. The molecule has 0 saturated carbocycles. The molecular weight excluding hydrogens is 150 g/mol. The number of likely N-dealkylation sites (tertiary alicyclic amines) is 1. The van der Waals surface area contributed by atoms with Gasteiger partial charge in [0.1, 0.15) is 0 Å². The largest absolute Gasteiger partial charge is 0.315 e. The van der Waals surface area contributed by atoms with Crippen molar-refractivity contribution in [1.29, 1.82) is 5.26 Å². The summed E-state index contributed by atoms with van der Waals surface area (Å²) in [5.74, 6) is 0.297. The smallest absolute Gasteiger partial charge is 0.0669 e. The van der Waals surface area contributed by atoms with Gasteiger partial charge in [0.2, 0.25) is 0 Å². The summed E-state index contributed by atoms with van der Waals surface area (Å²) >= 11 is 0. The van der Waals surface area contributed by atoms with Gasteiger partial charge in [-0.05, 0) is 25.9 Å². The third kappa shape index (κ3) is 1.45. The van der Waals surface area contributed by atoms with Gasteiger partial charge in [-0.25, -0.2) is 0 Å². The van der Waals surface area contributed by atoms with Crippen LogP contribution in [0.3, 0.4) is 0 Å². The average molecular weight is 165 g/mol. The lowest BCUT2D eigenvalue weighted by Crippen LogP contribution is -2.34. The second kappa shape index (κ2) is 3.42. The van der Waals surface area contributed by atoms with Gasteiger partial charge in [-0.2, -0.15) is 5.26 Å². The molecule has 2 atom stereocenters. The van der Waals surface area contributed by atoms with Crippen LogP contribution in [0.2, 0.25) is 0 Å². The van der Waals surface area contributed by atoms with Gasteiger partial charge < -0.3 is 5.32 Å². The molecule has 3 nitrogen and oxygen atoms in total. The Morgan fingerprint density at radius 3 is 2.92 bits per heavy atom. The maximum absolute atomic E-state index is 8.73. The van der Waals surface area contributed by atoms with Gasteiger partial charge in [-0.1, -0.05) is 0 Å². The second-order valence-corrected chi connectivity index (χ2v) is 3.76. The molecule has 2 fully saturated rings. The normalized spacial score (nSPS) is 36.9. The van der Waals surface area contributed by atoms with E-state index in [2.05, 4.69) is 16.3 Å². The number of hydrogen-bond donors (Lipinski definition) is 1. The van der Waals surface area contributed by atoms with Crippen LogP contribution in [0.25, 0.3) is 0 Å². The molecule has 66 valence electrons. The summed E-state index contributed by atoms with van der Waals surface area (Å²) in [5, 5.41) is 12.1. The van der Waals surface area contributed by atoms with Gasteiger partial charge in [-0.15, -0.1) is 0 Å². The fraction of sp³-hybridized carbons (Fsp3) is 0.889. The predicted molar refractivity (Wildman–Crippen MR) is 46.6 cm³/mol. The molecule has 1 N–H and O–H groups in total. The Morgan fingerprint density at radius 2 is 2.33 bits per heavy atom. The Hall–Kier alpha value is -0.590. The van der Waals surface area contributed by atoms with Crippen LogP contribution in [0.15, 0.2) is 0 Å². The molecule has 2 heterocycles. The Bertz CT molecular complexity index is 190. The molecular formula is C9H15N3. The molecule has 0 radical (unpaired) electrons. The van der Waals surface area contributed by atoms with Gasteiger partial charge in [-0.3, -0.25) is 4.90 Å². The first-order chi connectivity index (χ1) is 5.90. The van der Waals surface area contributed by atoms with Gasteiger partial charge in [0.15, 0.2) is 0 Å². The summed E-state index contributed by atoms with van der Waals surface area (Å²) in [4.78, 5) is 2.47.